The van der Waals surface area contributed by atoms with E-state index in [1.807, 2.05) is 0 Å². The van der Waals surface area contributed by atoms with Crippen LogP contribution in [0.25, 0.3) is 0 Å². The second-order valence-electron chi connectivity index (χ2n) is 4.36. The highest BCUT2D eigenvalue weighted by atomic mass is 32.2. The van der Waals surface area contributed by atoms with Crippen molar-refractivity contribution < 1.29 is 17.2 Å². The molecule has 0 aliphatic rings. The van der Waals surface area contributed by atoms with Crippen molar-refractivity contribution in [1.82, 2.24) is 0 Å². The van der Waals surface area contributed by atoms with Crippen LogP contribution in [0.15, 0.2) is 47.4 Å². The normalized spacial score (nSPS) is 11.6. The highest BCUT2D eigenvalue weighted by molar-refractivity contribution is 7.90. The van der Waals surface area contributed by atoms with Gasteiger partial charge in [0, 0.05) is 6.54 Å². The Balaban J connectivity index is 2.38. The number of sulfone groups is 1. The maximum atomic E-state index is 13.5. The summed E-state index contributed by atoms with van der Waals surface area (Å²) in [6, 6.07) is 9.05. The van der Waals surface area contributed by atoms with E-state index in [9.17, 15) is 17.2 Å². The van der Waals surface area contributed by atoms with Crippen molar-refractivity contribution >= 4 is 9.84 Å². The van der Waals surface area contributed by atoms with Gasteiger partial charge in [-0.1, -0.05) is 24.3 Å². The Morgan fingerprint density at radius 3 is 2.40 bits per heavy atom. The second kappa shape index (κ2) is 5.68. The van der Waals surface area contributed by atoms with Gasteiger partial charge in [-0.15, -0.1) is 0 Å². The first-order valence-corrected chi connectivity index (χ1v) is 7.53. The van der Waals surface area contributed by atoms with E-state index in [0.29, 0.717) is 11.6 Å². The predicted molar refractivity (Wildman–Crippen MR) is 71.6 cm³/mol. The Labute approximate surface area is 116 Å². The monoisotopic (exact) mass is 297 g/mol. The summed E-state index contributed by atoms with van der Waals surface area (Å²) < 4.78 is 50.9. The summed E-state index contributed by atoms with van der Waals surface area (Å²) in [7, 11) is -3.95. The predicted octanol–water partition coefficient (Wildman–Crippen LogP) is 2.40. The number of rotatable bonds is 4. The van der Waals surface area contributed by atoms with E-state index in [1.165, 1.54) is 0 Å². The quantitative estimate of drug-likeness (QED) is 0.942. The summed E-state index contributed by atoms with van der Waals surface area (Å²) in [5, 5.41) is 0. The van der Waals surface area contributed by atoms with Crippen LogP contribution in [0, 0.1) is 11.6 Å². The third kappa shape index (κ3) is 3.20. The molecule has 2 aromatic carbocycles. The third-order valence-electron chi connectivity index (χ3n) is 2.81. The van der Waals surface area contributed by atoms with Gasteiger partial charge in [0.05, 0.1) is 5.75 Å². The van der Waals surface area contributed by atoms with Crippen LogP contribution in [0.4, 0.5) is 8.78 Å². The van der Waals surface area contributed by atoms with Crippen molar-refractivity contribution in [3.05, 3.63) is 65.2 Å². The number of hydrogen-bond acceptors (Lipinski definition) is 3. The molecule has 0 aromatic heterocycles. The van der Waals surface area contributed by atoms with Crippen LogP contribution in [-0.2, 0) is 22.1 Å². The zero-order chi connectivity index (χ0) is 14.8. The van der Waals surface area contributed by atoms with Crippen LogP contribution in [0.1, 0.15) is 11.1 Å². The van der Waals surface area contributed by atoms with Gasteiger partial charge in [0.25, 0.3) is 0 Å². The fraction of sp³-hybridized carbons (Fsp3) is 0.143. The Morgan fingerprint density at radius 1 is 1.00 bits per heavy atom. The van der Waals surface area contributed by atoms with E-state index in [2.05, 4.69) is 0 Å². The molecule has 2 rings (SSSR count). The molecule has 0 heterocycles. The second-order valence-corrected chi connectivity index (χ2v) is 6.32. The van der Waals surface area contributed by atoms with Gasteiger partial charge >= 0.3 is 0 Å². The Bertz CT molecular complexity index is 730. The lowest BCUT2D eigenvalue weighted by Gasteiger charge is -2.07. The Morgan fingerprint density at radius 2 is 1.70 bits per heavy atom. The van der Waals surface area contributed by atoms with Crippen LogP contribution in [0.5, 0.6) is 0 Å². The first-order valence-electron chi connectivity index (χ1n) is 5.88. The van der Waals surface area contributed by atoms with Gasteiger partial charge in [-0.25, -0.2) is 17.2 Å². The van der Waals surface area contributed by atoms with E-state index in [0.717, 1.165) is 17.7 Å². The van der Waals surface area contributed by atoms with Gasteiger partial charge in [0.15, 0.2) is 9.84 Å². The number of benzene rings is 2. The number of nitrogens with two attached hydrogens (primary N) is 1. The minimum atomic E-state index is -3.95. The molecule has 0 fully saturated rings. The lowest BCUT2D eigenvalue weighted by Crippen LogP contribution is -2.08. The smallest absolute Gasteiger partial charge is 0.185 e. The van der Waals surface area contributed by atoms with Gasteiger partial charge in [-0.05, 0) is 29.3 Å². The molecule has 6 heteroatoms. The van der Waals surface area contributed by atoms with Crippen LogP contribution in [0.2, 0.25) is 0 Å². The van der Waals surface area contributed by atoms with E-state index in [-0.39, 0.29) is 6.54 Å². The molecule has 0 aliphatic heterocycles. The first-order chi connectivity index (χ1) is 9.42. The molecule has 0 saturated carbocycles. The van der Waals surface area contributed by atoms with Crippen molar-refractivity contribution in [3.8, 4) is 0 Å². The van der Waals surface area contributed by atoms with Gasteiger partial charge in [-0.2, -0.15) is 0 Å². The lowest BCUT2D eigenvalue weighted by atomic mass is 10.1. The molecule has 0 aliphatic carbocycles. The minimum absolute atomic E-state index is 0.280. The van der Waals surface area contributed by atoms with E-state index in [4.69, 9.17) is 5.73 Å². The van der Waals surface area contributed by atoms with Crippen LogP contribution in [0.3, 0.4) is 0 Å². The standard InChI is InChI=1S/C14H13F2NO2S/c15-12-4-5-13(16)14(7-12)20(18,19)9-11-3-1-2-10(6-11)8-17/h1-7H,8-9,17H2. The SMILES string of the molecule is NCc1cccc(CS(=O)(=O)c2cc(F)ccc2F)c1. The molecule has 3 nitrogen and oxygen atoms in total. The minimum Gasteiger partial charge on any atom is -0.326 e. The molecule has 0 amide bonds. The van der Waals surface area contributed by atoms with Gasteiger partial charge in [-0.3, -0.25) is 0 Å². The van der Waals surface area contributed by atoms with Crippen molar-refractivity contribution in [2.45, 2.75) is 17.2 Å². The van der Waals surface area contributed by atoms with Crippen molar-refractivity contribution in [2.24, 2.45) is 5.73 Å². The molecule has 0 atom stereocenters. The number of halogens is 2. The Kier molecular flexibility index (Phi) is 4.15. The molecule has 0 saturated heterocycles. The zero-order valence-corrected chi connectivity index (χ0v) is 11.3. The van der Waals surface area contributed by atoms with E-state index in [1.54, 1.807) is 24.3 Å². The summed E-state index contributed by atoms with van der Waals surface area (Å²) in [6.07, 6.45) is 0. The largest absolute Gasteiger partial charge is 0.326 e. The molecule has 0 spiro atoms. The first kappa shape index (κ1) is 14.6. The maximum absolute atomic E-state index is 13.5. The molecule has 2 aromatic rings. The van der Waals surface area contributed by atoms with Crippen molar-refractivity contribution in [3.63, 3.8) is 0 Å². The Hall–Kier alpha value is -1.79. The summed E-state index contributed by atoms with van der Waals surface area (Å²) in [5.74, 6) is -2.15. The molecular formula is C14H13F2NO2S. The molecular weight excluding hydrogens is 284 g/mol. The van der Waals surface area contributed by atoms with Crippen molar-refractivity contribution in [1.29, 1.82) is 0 Å². The van der Waals surface area contributed by atoms with Gasteiger partial charge in [0.2, 0.25) is 0 Å². The van der Waals surface area contributed by atoms with Crippen molar-refractivity contribution in [2.75, 3.05) is 0 Å². The molecule has 0 radical (unpaired) electrons. The topological polar surface area (TPSA) is 60.2 Å². The molecule has 20 heavy (non-hydrogen) atoms. The van der Waals surface area contributed by atoms with Gasteiger partial charge in [0.1, 0.15) is 16.5 Å². The molecule has 0 unspecified atom stereocenters. The highest BCUT2D eigenvalue weighted by Gasteiger charge is 2.20. The molecule has 106 valence electrons. The van der Waals surface area contributed by atoms with Crippen LogP contribution < -0.4 is 5.73 Å². The summed E-state index contributed by atoms with van der Waals surface area (Å²) in [4.78, 5) is -0.629. The fourth-order valence-electron chi connectivity index (χ4n) is 1.86. The van der Waals surface area contributed by atoms with E-state index < -0.39 is 32.1 Å². The summed E-state index contributed by atoms with van der Waals surface area (Å²) >= 11 is 0. The molecule has 0 bridgehead atoms. The molecule has 2 N–H and O–H groups in total. The maximum Gasteiger partial charge on any atom is 0.185 e. The van der Waals surface area contributed by atoms with E-state index >= 15 is 0 Å². The van der Waals surface area contributed by atoms with Crippen LogP contribution in [-0.4, -0.2) is 8.42 Å². The average molecular weight is 297 g/mol. The number of hydrogen-bond donors (Lipinski definition) is 1. The zero-order valence-electron chi connectivity index (χ0n) is 10.5. The van der Waals surface area contributed by atoms with Crippen LogP contribution >= 0.6 is 0 Å². The lowest BCUT2D eigenvalue weighted by molar-refractivity contribution is 0.553. The summed E-state index contributed by atoms with van der Waals surface area (Å²) in [5.41, 5.74) is 6.74. The third-order valence-corrected chi connectivity index (χ3v) is 4.51. The fourth-order valence-corrected chi connectivity index (χ4v) is 3.29. The van der Waals surface area contributed by atoms with Gasteiger partial charge < -0.3 is 5.73 Å². The summed E-state index contributed by atoms with van der Waals surface area (Å²) in [6.45, 7) is 0.280. The average Bonchev–Trinajstić information content (AvgIpc) is 2.41. The highest BCUT2D eigenvalue weighted by Crippen LogP contribution is 2.21.